The van der Waals surface area contributed by atoms with Crippen molar-refractivity contribution in [1.29, 1.82) is 0 Å². The molecule has 0 spiro atoms. The second kappa shape index (κ2) is 7.11. The molecule has 0 saturated heterocycles. The zero-order valence-corrected chi connectivity index (χ0v) is 13.3. The van der Waals surface area contributed by atoms with Crippen molar-refractivity contribution in [2.24, 2.45) is 0 Å². The van der Waals surface area contributed by atoms with Crippen LogP contribution in [0.5, 0.6) is 0 Å². The standard InChI is InChI=1S/C16H15ClN2O4/c1-10-12(17)6-5-7-13(10)18-15(20)11(2)23-16(21)14-8-3-4-9-19(14)22/h3-9,11H,1-2H3,(H,18,20)/t11-/m1/s1. The maximum Gasteiger partial charge on any atom is 0.405 e. The lowest BCUT2D eigenvalue weighted by Crippen LogP contribution is -2.37. The van der Waals surface area contributed by atoms with Gasteiger partial charge in [-0.15, -0.1) is 0 Å². The average Bonchev–Trinajstić information content (AvgIpc) is 2.52. The van der Waals surface area contributed by atoms with E-state index < -0.39 is 18.0 Å². The summed E-state index contributed by atoms with van der Waals surface area (Å²) in [6, 6.07) is 9.44. The Kier molecular flexibility index (Phi) is 5.18. The predicted molar refractivity (Wildman–Crippen MR) is 85.1 cm³/mol. The van der Waals surface area contributed by atoms with Crippen LogP contribution in [0.3, 0.4) is 0 Å². The molecule has 7 heteroatoms. The summed E-state index contributed by atoms with van der Waals surface area (Å²) in [5, 5.41) is 14.6. The van der Waals surface area contributed by atoms with Crippen LogP contribution >= 0.6 is 11.6 Å². The van der Waals surface area contributed by atoms with E-state index in [0.29, 0.717) is 21.0 Å². The van der Waals surface area contributed by atoms with Crippen LogP contribution in [0.1, 0.15) is 23.0 Å². The molecular formula is C16H15ClN2O4. The van der Waals surface area contributed by atoms with Crippen molar-refractivity contribution in [1.82, 2.24) is 0 Å². The Morgan fingerprint density at radius 3 is 2.70 bits per heavy atom. The van der Waals surface area contributed by atoms with Crippen molar-refractivity contribution in [3.63, 3.8) is 0 Å². The minimum Gasteiger partial charge on any atom is -0.618 e. The van der Waals surface area contributed by atoms with Gasteiger partial charge in [-0.05, 0) is 37.6 Å². The Hall–Kier alpha value is -2.60. The van der Waals surface area contributed by atoms with Crippen molar-refractivity contribution < 1.29 is 19.1 Å². The first-order chi connectivity index (χ1) is 10.9. The number of esters is 1. The number of aromatic nitrogens is 1. The first-order valence-corrected chi connectivity index (χ1v) is 7.23. The number of benzene rings is 1. The quantitative estimate of drug-likeness (QED) is 0.529. The number of ether oxygens (including phenoxy) is 1. The number of nitrogens with one attached hydrogen (secondary N) is 1. The summed E-state index contributed by atoms with van der Waals surface area (Å²) in [5.74, 6) is -1.39. The van der Waals surface area contributed by atoms with Gasteiger partial charge in [0.2, 0.25) is 0 Å². The van der Waals surface area contributed by atoms with Crippen molar-refractivity contribution in [2.75, 3.05) is 5.32 Å². The van der Waals surface area contributed by atoms with Gasteiger partial charge in [-0.1, -0.05) is 17.7 Å². The zero-order chi connectivity index (χ0) is 17.0. The molecule has 120 valence electrons. The summed E-state index contributed by atoms with van der Waals surface area (Å²) in [4.78, 5) is 24.0. The van der Waals surface area contributed by atoms with Gasteiger partial charge < -0.3 is 15.3 Å². The van der Waals surface area contributed by atoms with E-state index in [9.17, 15) is 14.8 Å². The van der Waals surface area contributed by atoms with Crippen LogP contribution in [0.2, 0.25) is 5.02 Å². The molecule has 1 N–H and O–H groups in total. The topological polar surface area (TPSA) is 82.3 Å². The third-order valence-electron chi connectivity index (χ3n) is 3.21. The normalized spacial score (nSPS) is 11.6. The number of hydrogen-bond donors (Lipinski definition) is 1. The molecule has 1 aromatic carbocycles. The first kappa shape index (κ1) is 16.8. The Labute approximate surface area is 138 Å². The Morgan fingerprint density at radius 1 is 1.26 bits per heavy atom. The van der Waals surface area contributed by atoms with Gasteiger partial charge >= 0.3 is 11.7 Å². The average molecular weight is 335 g/mol. The number of carbonyl (C=O) groups is 2. The van der Waals surface area contributed by atoms with Crippen LogP contribution in [0.15, 0.2) is 42.6 Å². The highest BCUT2D eigenvalue weighted by atomic mass is 35.5. The molecule has 0 radical (unpaired) electrons. The minimum absolute atomic E-state index is 0.189. The third-order valence-corrected chi connectivity index (χ3v) is 3.62. The Balaban J connectivity index is 2.04. The largest absolute Gasteiger partial charge is 0.618 e. The molecule has 1 aromatic heterocycles. The van der Waals surface area contributed by atoms with Gasteiger partial charge in [-0.25, -0.2) is 4.79 Å². The summed E-state index contributed by atoms with van der Waals surface area (Å²) in [7, 11) is 0. The van der Waals surface area contributed by atoms with E-state index in [1.165, 1.54) is 31.3 Å². The lowest BCUT2D eigenvalue weighted by atomic mass is 10.2. The molecule has 23 heavy (non-hydrogen) atoms. The minimum atomic E-state index is -1.07. The summed E-state index contributed by atoms with van der Waals surface area (Å²) < 4.78 is 5.40. The Bertz CT molecular complexity index is 749. The number of nitrogens with zero attached hydrogens (tertiary/aromatic N) is 1. The number of anilines is 1. The van der Waals surface area contributed by atoms with Crippen LogP contribution in [0.25, 0.3) is 0 Å². The van der Waals surface area contributed by atoms with Crippen molar-refractivity contribution >= 4 is 29.2 Å². The van der Waals surface area contributed by atoms with E-state index in [1.54, 1.807) is 25.1 Å². The molecule has 0 unspecified atom stereocenters. The summed E-state index contributed by atoms with van der Waals surface area (Å²) >= 11 is 5.98. The number of amides is 1. The highest BCUT2D eigenvalue weighted by Crippen LogP contribution is 2.23. The van der Waals surface area contributed by atoms with Crippen LogP contribution < -0.4 is 10.0 Å². The number of carbonyl (C=O) groups excluding carboxylic acids is 2. The summed E-state index contributed by atoms with van der Waals surface area (Å²) in [6.07, 6.45) is 0.109. The van der Waals surface area contributed by atoms with Gasteiger partial charge in [0.25, 0.3) is 5.91 Å². The van der Waals surface area contributed by atoms with Crippen LogP contribution in [-0.2, 0) is 9.53 Å². The van der Waals surface area contributed by atoms with Crippen LogP contribution in [0.4, 0.5) is 5.69 Å². The maximum atomic E-state index is 12.1. The number of rotatable bonds is 4. The van der Waals surface area contributed by atoms with E-state index in [-0.39, 0.29) is 5.69 Å². The first-order valence-electron chi connectivity index (χ1n) is 6.85. The molecule has 1 amide bonds. The molecular weight excluding hydrogens is 320 g/mol. The monoisotopic (exact) mass is 334 g/mol. The highest BCUT2D eigenvalue weighted by molar-refractivity contribution is 6.31. The van der Waals surface area contributed by atoms with Gasteiger partial charge in [-0.3, -0.25) is 4.79 Å². The van der Waals surface area contributed by atoms with Gasteiger partial charge in [0.15, 0.2) is 12.3 Å². The summed E-state index contributed by atoms with van der Waals surface area (Å²) in [6.45, 7) is 3.18. The van der Waals surface area contributed by atoms with Crippen molar-refractivity contribution in [3.8, 4) is 0 Å². The molecule has 0 bridgehead atoms. The van der Waals surface area contributed by atoms with E-state index in [0.717, 1.165) is 0 Å². The second-order valence-corrected chi connectivity index (χ2v) is 5.27. The molecule has 2 rings (SSSR count). The molecule has 0 aliphatic heterocycles. The van der Waals surface area contributed by atoms with Crippen LogP contribution in [-0.4, -0.2) is 18.0 Å². The summed E-state index contributed by atoms with van der Waals surface area (Å²) in [5.41, 5.74) is 1.05. The maximum absolute atomic E-state index is 12.1. The smallest absolute Gasteiger partial charge is 0.405 e. The number of hydrogen-bond acceptors (Lipinski definition) is 4. The molecule has 1 heterocycles. The molecule has 0 aliphatic rings. The van der Waals surface area contributed by atoms with E-state index >= 15 is 0 Å². The van der Waals surface area contributed by atoms with E-state index in [2.05, 4.69) is 5.32 Å². The fraction of sp³-hybridized carbons (Fsp3) is 0.188. The zero-order valence-electron chi connectivity index (χ0n) is 12.6. The molecule has 0 aliphatic carbocycles. The van der Waals surface area contributed by atoms with Gasteiger partial charge in [-0.2, -0.15) is 4.73 Å². The van der Waals surface area contributed by atoms with Gasteiger partial charge in [0.05, 0.1) is 0 Å². The molecule has 1 atom stereocenters. The van der Waals surface area contributed by atoms with Crippen molar-refractivity contribution in [2.45, 2.75) is 20.0 Å². The lowest BCUT2D eigenvalue weighted by Gasteiger charge is -2.14. The van der Waals surface area contributed by atoms with E-state index in [1.807, 2.05) is 0 Å². The molecule has 6 nitrogen and oxygen atoms in total. The number of pyridine rings is 1. The lowest BCUT2D eigenvalue weighted by molar-refractivity contribution is -0.608. The third kappa shape index (κ3) is 3.98. The van der Waals surface area contributed by atoms with Crippen LogP contribution in [0, 0.1) is 12.1 Å². The van der Waals surface area contributed by atoms with Crippen molar-refractivity contribution in [3.05, 3.63) is 64.1 Å². The fourth-order valence-corrected chi connectivity index (χ4v) is 2.01. The molecule has 0 fully saturated rings. The number of halogens is 1. The van der Waals surface area contributed by atoms with E-state index in [4.69, 9.17) is 16.3 Å². The second-order valence-electron chi connectivity index (χ2n) is 4.86. The highest BCUT2D eigenvalue weighted by Gasteiger charge is 2.24. The SMILES string of the molecule is Cc1c(Cl)cccc1NC(=O)[C@@H](C)OC(=O)c1cccc[n+]1[O-]. The van der Waals surface area contributed by atoms with Gasteiger partial charge in [0, 0.05) is 22.8 Å². The Morgan fingerprint density at radius 2 is 2.00 bits per heavy atom. The predicted octanol–water partition coefficient (Wildman–Crippen LogP) is 2.47. The molecule has 0 saturated carbocycles. The fourth-order valence-electron chi connectivity index (χ4n) is 1.84. The van der Waals surface area contributed by atoms with Gasteiger partial charge in [0.1, 0.15) is 0 Å². The molecule has 2 aromatic rings.